The molecular formula is C14H18N2S. The van der Waals surface area contributed by atoms with E-state index in [1.54, 1.807) is 11.3 Å². The van der Waals surface area contributed by atoms with Crippen molar-refractivity contribution in [1.82, 2.24) is 0 Å². The summed E-state index contributed by atoms with van der Waals surface area (Å²) >= 11 is 1.79. The molecule has 0 aliphatic heterocycles. The van der Waals surface area contributed by atoms with E-state index in [0.717, 1.165) is 6.54 Å². The summed E-state index contributed by atoms with van der Waals surface area (Å²) in [4.78, 5) is 3.65. The van der Waals surface area contributed by atoms with E-state index in [1.165, 1.54) is 21.7 Å². The van der Waals surface area contributed by atoms with Gasteiger partial charge < -0.3 is 10.6 Å². The van der Waals surface area contributed by atoms with E-state index in [2.05, 4.69) is 54.6 Å². The lowest BCUT2D eigenvalue weighted by Gasteiger charge is -2.23. The van der Waals surface area contributed by atoms with Crippen LogP contribution in [0.4, 0.5) is 5.69 Å². The fourth-order valence-corrected chi connectivity index (χ4v) is 2.90. The van der Waals surface area contributed by atoms with Crippen LogP contribution in [0, 0.1) is 6.92 Å². The van der Waals surface area contributed by atoms with Crippen LogP contribution in [0.2, 0.25) is 0 Å². The monoisotopic (exact) mass is 246 g/mol. The summed E-state index contributed by atoms with van der Waals surface area (Å²) in [6.45, 7) is 3.67. The summed E-state index contributed by atoms with van der Waals surface area (Å²) in [5.41, 5.74) is 9.57. The molecule has 2 aromatic rings. The highest BCUT2D eigenvalue weighted by atomic mass is 32.1. The minimum absolute atomic E-state index is 0.589. The number of anilines is 1. The molecule has 0 fully saturated rings. The lowest BCUT2D eigenvalue weighted by Crippen LogP contribution is -2.19. The van der Waals surface area contributed by atoms with Gasteiger partial charge >= 0.3 is 0 Å². The molecule has 0 radical (unpaired) electrons. The molecule has 0 bridgehead atoms. The molecule has 0 spiro atoms. The predicted octanol–water partition coefficient (Wildman–Crippen LogP) is 3.15. The minimum atomic E-state index is 0.589. The van der Waals surface area contributed by atoms with Crippen molar-refractivity contribution in [2.24, 2.45) is 5.73 Å². The van der Waals surface area contributed by atoms with Crippen molar-refractivity contribution in [3.63, 3.8) is 0 Å². The van der Waals surface area contributed by atoms with Crippen LogP contribution in [0.3, 0.4) is 0 Å². The number of nitrogens with two attached hydrogens (primary N) is 1. The van der Waals surface area contributed by atoms with Crippen LogP contribution in [0.15, 0.2) is 35.7 Å². The second-order valence-electron chi connectivity index (χ2n) is 4.22. The molecule has 0 aliphatic carbocycles. The van der Waals surface area contributed by atoms with Gasteiger partial charge in [0.25, 0.3) is 0 Å². The Kier molecular flexibility index (Phi) is 3.82. The minimum Gasteiger partial charge on any atom is -0.369 e. The Morgan fingerprint density at radius 2 is 2.06 bits per heavy atom. The molecule has 3 heteroatoms. The summed E-state index contributed by atoms with van der Waals surface area (Å²) in [7, 11) is 2.13. The summed E-state index contributed by atoms with van der Waals surface area (Å²) < 4.78 is 0. The Balaban J connectivity index is 2.26. The van der Waals surface area contributed by atoms with Crippen molar-refractivity contribution in [2.75, 3.05) is 11.9 Å². The number of hydrogen-bond acceptors (Lipinski definition) is 3. The lowest BCUT2D eigenvalue weighted by atomic mass is 10.1. The van der Waals surface area contributed by atoms with Gasteiger partial charge in [-0.1, -0.05) is 24.3 Å². The molecule has 0 atom stereocenters. The van der Waals surface area contributed by atoms with Crippen molar-refractivity contribution in [3.05, 3.63) is 51.7 Å². The summed E-state index contributed by atoms with van der Waals surface area (Å²) in [5.74, 6) is 0. The number of para-hydroxylation sites is 1. The van der Waals surface area contributed by atoms with Gasteiger partial charge in [-0.3, -0.25) is 0 Å². The third-order valence-corrected chi connectivity index (χ3v) is 3.76. The number of nitrogens with zero attached hydrogens (tertiary/aromatic N) is 1. The molecule has 1 aromatic heterocycles. The quantitative estimate of drug-likeness (QED) is 0.898. The maximum atomic E-state index is 5.81. The SMILES string of the molecule is Cc1cccc(CN)c1N(C)Cc1cccs1. The molecular weight excluding hydrogens is 228 g/mol. The van der Waals surface area contributed by atoms with Crippen LogP contribution in [-0.4, -0.2) is 7.05 Å². The van der Waals surface area contributed by atoms with Crippen LogP contribution >= 0.6 is 11.3 Å². The van der Waals surface area contributed by atoms with E-state index in [1.807, 2.05) is 0 Å². The Morgan fingerprint density at radius 1 is 1.24 bits per heavy atom. The van der Waals surface area contributed by atoms with Gasteiger partial charge in [0.2, 0.25) is 0 Å². The lowest BCUT2D eigenvalue weighted by molar-refractivity contribution is 0.911. The van der Waals surface area contributed by atoms with Crippen molar-refractivity contribution < 1.29 is 0 Å². The highest BCUT2D eigenvalue weighted by Gasteiger charge is 2.10. The van der Waals surface area contributed by atoms with E-state index < -0.39 is 0 Å². The molecule has 1 heterocycles. The molecule has 0 saturated carbocycles. The van der Waals surface area contributed by atoms with Crippen LogP contribution in [-0.2, 0) is 13.1 Å². The summed E-state index contributed by atoms with van der Waals surface area (Å²) in [6.07, 6.45) is 0. The zero-order valence-corrected chi connectivity index (χ0v) is 11.1. The number of aryl methyl sites for hydroxylation is 1. The maximum absolute atomic E-state index is 5.81. The first-order valence-corrected chi connectivity index (χ1v) is 6.62. The van der Waals surface area contributed by atoms with E-state index in [4.69, 9.17) is 5.73 Å². The van der Waals surface area contributed by atoms with Crippen molar-refractivity contribution >= 4 is 17.0 Å². The standard InChI is InChI=1S/C14H18N2S/c1-11-5-3-6-12(9-15)14(11)16(2)10-13-7-4-8-17-13/h3-8H,9-10,15H2,1-2H3. The van der Waals surface area contributed by atoms with Gasteiger partial charge in [0.1, 0.15) is 0 Å². The fourth-order valence-electron chi connectivity index (χ4n) is 2.15. The van der Waals surface area contributed by atoms with Crippen LogP contribution in [0.25, 0.3) is 0 Å². The fraction of sp³-hybridized carbons (Fsp3) is 0.286. The van der Waals surface area contributed by atoms with E-state index in [0.29, 0.717) is 6.54 Å². The Bertz CT molecular complexity index is 477. The molecule has 2 rings (SSSR count). The number of hydrogen-bond donors (Lipinski definition) is 1. The van der Waals surface area contributed by atoms with Gasteiger partial charge in [0, 0.05) is 24.2 Å². The summed E-state index contributed by atoms with van der Waals surface area (Å²) in [5, 5.41) is 2.12. The molecule has 0 unspecified atom stereocenters. The molecule has 2 nitrogen and oxygen atoms in total. The van der Waals surface area contributed by atoms with Gasteiger partial charge in [-0.25, -0.2) is 0 Å². The number of thiophene rings is 1. The topological polar surface area (TPSA) is 29.3 Å². The largest absolute Gasteiger partial charge is 0.369 e. The van der Waals surface area contributed by atoms with E-state index in [-0.39, 0.29) is 0 Å². The number of benzene rings is 1. The van der Waals surface area contributed by atoms with Crippen LogP contribution in [0.5, 0.6) is 0 Å². The third kappa shape index (κ3) is 2.68. The molecule has 1 aromatic carbocycles. The van der Waals surface area contributed by atoms with Gasteiger partial charge in [-0.2, -0.15) is 0 Å². The Hall–Kier alpha value is -1.32. The molecule has 2 N–H and O–H groups in total. The second-order valence-corrected chi connectivity index (χ2v) is 5.25. The van der Waals surface area contributed by atoms with Crippen molar-refractivity contribution in [2.45, 2.75) is 20.0 Å². The van der Waals surface area contributed by atoms with Crippen molar-refractivity contribution in [3.8, 4) is 0 Å². The smallest absolute Gasteiger partial charge is 0.0519 e. The second kappa shape index (κ2) is 5.34. The first-order valence-electron chi connectivity index (χ1n) is 5.74. The van der Waals surface area contributed by atoms with Crippen LogP contribution in [0.1, 0.15) is 16.0 Å². The molecule has 0 aliphatic rings. The molecule has 0 saturated heterocycles. The van der Waals surface area contributed by atoms with Gasteiger partial charge in [0.15, 0.2) is 0 Å². The van der Waals surface area contributed by atoms with Crippen molar-refractivity contribution in [1.29, 1.82) is 0 Å². The average Bonchev–Trinajstić information content (AvgIpc) is 2.81. The average molecular weight is 246 g/mol. The first-order chi connectivity index (χ1) is 8.22. The Labute approximate surface area is 107 Å². The zero-order chi connectivity index (χ0) is 12.3. The Morgan fingerprint density at radius 3 is 2.71 bits per heavy atom. The van der Waals surface area contributed by atoms with E-state index >= 15 is 0 Å². The maximum Gasteiger partial charge on any atom is 0.0519 e. The highest BCUT2D eigenvalue weighted by molar-refractivity contribution is 7.09. The van der Waals surface area contributed by atoms with Gasteiger partial charge in [-0.05, 0) is 29.5 Å². The van der Waals surface area contributed by atoms with E-state index in [9.17, 15) is 0 Å². The van der Waals surface area contributed by atoms with Gasteiger partial charge in [-0.15, -0.1) is 11.3 Å². The zero-order valence-electron chi connectivity index (χ0n) is 10.3. The highest BCUT2D eigenvalue weighted by Crippen LogP contribution is 2.26. The molecule has 90 valence electrons. The third-order valence-electron chi connectivity index (χ3n) is 2.90. The predicted molar refractivity (Wildman–Crippen MR) is 75.5 cm³/mol. The van der Waals surface area contributed by atoms with Gasteiger partial charge in [0.05, 0.1) is 6.54 Å². The molecule has 17 heavy (non-hydrogen) atoms. The number of rotatable bonds is 4. The van der Waals surface area contributed by atoms with Crippen LogP contribution < -0.4 is 10.6 Å². The normalized spacial score (nSPS) is 10.5. The first kappa shape index (κ1) is 12.1. The molecule has 0 amide bonds. The summed E-state index contributed by atoms with van der Waals surface area (Å²) in [6, 6.07) is 10.6.